The van der Waals surface area contributed by atoms with E-state index in [2.05, 4.69) is 10.6 Å². The lowest BCUT2D eigenvalue weighted by atomic mass is 10.1. The lowest BCUT2D eigenvalue weighted by Gasteiger charge is -2.25. The molecule has 3 rings (SSSR count). The lowest BCUT2D eigenvalue weighted by molar-refractivity contribution is -0.122. The lowest BCUT2D eigenvalue weighted by Crippen LogP contribution is -2.37. The first-order valence-corrected chi connectivity index (χ1v) is 11.0. The van der Waals surface area contributed by atoms with Crippen molar-refractivity contribution in [1.82, 2.24) is 10.2 Å². The largest absolute Gasteiger partial charge is 0.497 e. The van der Waals surface area contributed by atoms with Gasteiger partial charge in [-0.25, -0.2) is 0 Å². The monoisotopic (exact) mass is 445 g/mol. The van der Waals surface area contributed by atoms with Gasteiger partial charge in [-0.3, -0.25) is 14.5 Å². The zero-order chi connectivity index (χ0) is 23.6. The number of ether oxygens (including phenoxy) is 1. The van der Waals surface area contributed by atoms with E-state index in [4.69, 9.17) is 4.74 Å². The Morgan fingerprint density at radius 3 is 2.39 bits per heavy atom. The van der Waals surface area contributed by atoms with Crippen LogP contribution in [-0.2, 0) is 11.2 Å². The van der Waals surface area contributed by atoms with Gasteiger partial charge in [0.2, 0.25) is 5.91 Å². The molecule has 0 aromatic heterocycles. The minimum absolute atomic E-state index is 0.00548. The molecule has 0 aliphatic carbocycles. The SMILES string of the molecule is COc1ccc(CCNC(=O)CN(C)C(C)c2cccc(NC(=O)c3ccccc3)c2)cc1. The maximum absolute atomic E-state index is 12.4. The topological polar surface area (TPSA) is 70.7 Å². The molecule has 0 aliphatic rings. The normalized spacial score (nSPS) is 11.6. The average Bonchev–Trinajstić information content (AvgIpc) is 2.84. The first kappa shape index (κ1) is 24.0. The molecule has 2 N–H and O–H groups in total. The van der Waals surface area contributed by atoms with E-state index in [0.29, 0.717) is 12.1 Å². The second-order valence-corrected chi connectivity index (χ2v) is 7.98. The number of benzene rings is 3. The van der Waals surface area contributed by atoms with Gasteiger partial charge in [0.05, 0.1) is 13.7 Å². The van der Waals surface area contributed by atoms with E-state index in [0.717, 1.165) is 29.0 Å². The number of likely N-dealkylation sites (N-methyl/N-ethyl adjacent to an activating group) is 1. The van der Waals surface area contributed by atoms with Crippen molar-refractivity contribution in [1.29, 1.82) is 0 Å². The van der Waals surface area contributed by atoms with Crippen LogP contribution in [0.25, 0.3) is 0 Å². The first-order valence-electron chi connectivity index (χ1n) is 11.0. The summed E-state index contributed by atoms with van der Waals surface area (Å²) in [5.41, 5.74) is 3.51. The number of carbonyl (C=O) groups is 2. The van der Waals surface area contributed by atoms with Crippen molar-refractivity contribution >= 4 is 17.5 Å². The molecule has 0 bridgehead atoms. The van der Waals surface area contributed by atoms with Crippen molar-refractivity contribution in [3.8, 4) is 5.75 Å². The zero-order valence-corrected chi connectivity index (χ0v) is 19.4. The molecule has 6 heteroatoms. The standard InChI is InChI=1S/C27H31N3O3/c1-20(23-10-7-11-24(18-23)29-27(32)22-8-5-4-6-9-22)30(2)19-26(31)28-17-16-21-12-14-25(33-3)15-13-21/h4-15,18,20H,16-17,19H2,1-3H3,(H,28,31)(H,29,32). The summed E-state index contributed by atoms with van der Waals surface area (Å²) in [5.74, 6) is 0.651. The van der Waals surface area contributed by atoms with Crippen LogP contribution in [0.1, 0.15) is 34.5 Å². The molecule has 0 saturated carbocycles. The Hall–Kier alpha value is -3.64. The molecule has 3 aromatic carbocycles. The summed E-state index contributed by atoms with van der Waals surface area (Å²) < 4.78 is 5.17. The highest BCUT2D eigenvalue weighted by atomic mass is 16.5. The van der Waals surface area contributed by atoms with E-state index in [9.17, 15) is 9.59 Å². The van der Waals surface area contributed by atoms with Gasteiger partial charge >= 0.3 is 0 Å². The van der Waals surface area contributed by atoms with E-state index in [-0.39, 0.29) is 24.4 Å². The van der Waals surface area contributed by atoms with E-state index in [1.54, 1.807) is 19.2 Å². The van der Waals surface area contributed by atoms with Gasteiger partial charge in [-0.1, -0.05) is 42.5 Å². The summed E-state index contributed by atoms with van der Waals surface area (Å²) in [5, 5.41) is 5.92. The Kier molecular flexibility index (Phi) is 8.61. The van der Waals surface area contributed by atoms with Crippen LogP contribution < -0.4 is 15.4 Å². The highest BCUT2D eigenvalue weighted by Gasteiger charge is 2.16. The smallest absolute Gasteiger partial charge is 0.255 e. The zero-order valence-electron chi connectivity index (χ0n) is 19.4. The van der Waals surface area contributed by atoms with E-state index in [1.165, 1.54) is 0 Å². The number of hydrogen-bond donors (Lipinski definition) is 2. The molecule has 3 aromatic rings. The number of carbonyl (C=O) groups excluding carboxylic acids is 2. The van der Waals surface area contributed by atoms with Crippen LogP contribution in [0.5, 0.6) is 5.75 Å². The number of nitrogens with zero attached hydrogens (tertiary/aromatic N) is 1. The Morgan fingerprint density at radius 1 is 0.970 bits per heavy atom. The fourth-order valence-corrected chi connectivity index (χ4v) is 3.48. The number of rotatable bonds is 10. The maximum Gasteiger partial charge on any atom is 0.255 e. The van der Waals surface area contributed by atoms with Crippen molar-refractivity contribution in [3.05, 3.63) is 95.6 Å². The van der Waals surface area contributed by atoms with Gasteiger partial charge in [0.15, 0.2) is 0 Å². The fraction of sp³-hybridized carbons (Fsp3) is 0.259. The van der Waals surface area contributed by atoms with Crippen LogP contribution in [0.15, 0.2) is 78.9 Å². The highest BCUT2D eigenvalue weighted by Crippen LogP contribution is 2.22. The third kappa shape index (κ3) is 7.19. The minimum atomic E-state index is -0.148. The minimum Gasteiger partial charge on any atom is -0.497 e. The summed E-state index contributed by atoms with van der Waals surface area (Å²) in [4.78, 5) is 26.8. The fourth-order valence-electron chi connectivity index (χ4n) is 3.48. The molecule has 2 amide bonds. The third-order valence-electron chi connectivity index (χ3n) is 5.61. The number of nitrogens with one attached hydrogen (secondary N) is 2. The summed E-state index contributed by atoms with van der Waals surface area (Å²) in [6.07, 6.45) is 0.762. The summed E-state index contributed by atoms with van der Waals surface area (Å²) >= 11 is 0. The molecule has 6 nitrogen and oxygen atoms in total. The van der Waals surface area contributed by atoms with Crippen LogP contribution >= 0.6 is 0 Å². The maximum atomic E-state index is 12.4. The predicted octanol–water partition coefficient (Wildman–Crippen LogP) is 4.30. The number of amides is 2. The van der Waals surface area contributed by atoms with E-state index >= 15 is 0 Å². The molecular weight excluding hydrogens is 414 g/mol. The highest BCUT2D eigenvalue weighted by molar-refractivity contribution is 6.04. The molecule has 1 atom stereocenters. The van der Waals surface area contributed by atoms with Crippen LogP contribution in [0.4, 0.5) is 5.69 Å². The average molecular weight is 446 g/mol. The molecule has 0 heterocycles. The van der Waals surface area contributed by atoms with Gasteiger partial charge in [-0.2, -0.15) is 0 Å². The molecule has 33 heavy (non-hydrogen) atoms. The molecule has 0 saturated heterocycles. The molecule has 0 aliphatic heterocycles. The number of methoxy groups -OCH3 is 1. The van der Waals surface area contributed by atoms with E-state index in [1.807, 2.05) is 85.6 Å². The summed E-state index contributed by atoms with van der Waals surface area (Å²) in [6.45, 7) is 2.90. The molecule has 0 spiro atoms. The van der Waals surface area contributed by atoms with Crippen molar-refractivity contribution < 1.29 is 14.3 Å². The van der Waals surface area contributed by atoms with Crippen molar-refractivity contribution in [3.63, 3.8) is 0 Å². The summed E-state index contributed by atoms with van der Waals surface area (Å²) in [7, 11) is 3.56. The second kappa shape index (κ2) is 11.8. The summed E-state index contributed by atoms with van der Waals surface area (Å²) in [6, 6.07) is 24.7. The molecule has 1 unspecified atom stereocenters. The van der Waals surface area contributed by atoms with Gasteiger partial charge in [0.25, 0.3) is 5.91 Å². The molecule has 172 valence electrons. The van der Waals surface area contributed by atoms with Crippen LogP contribution in [0.3, 0.4) is 0 Å². The van der Waals surface area contributed by atoms with Crippen molar-refractivity contribution in [2.75, 3.05) is 32.6 Å². The van der Waals surface area contributed by atoms with Crippen molar-refractivity contribution in [2.45, 2.75) is 19.4 Å². The second-order valence-electron chi connectivity index (χ2n) is 7.98. The molecule has 0 fully saturated rings. The Morgan fingerprint density at radius 2 is 1.70 bits per heavy atom. The molecule has 0 radical (unpaired) electrons. The van der Waals surface area contributed by atoms with Crippen molar-refractivity contribution in [2.24, 2.45) is 0 Å². The Labute approximate surface area is 195 Å². The van der Waals surface area contributed by atoms with Gasteiger partial charge < -0.3 is 15.4 Å². The predicted molar refractivity (Wildman–Crippen MR) is 132 cm³/mol. The van der Waals surface area contributed by atoms with Gasteiger partial charge in [-0.05, 0) is 67.9 Å². The Balaban J connectivity index is 1.49. The molecular formula is C27H31N3O3. The van der Waals surface area contributed by atoms with Crippen LogP contribution in [0, 0.1) is 0 Å². The number of anilines is 1. The van der Waals surface area contributed by atoms with Gasteiger partial charge in [0.1, 0.15) is 5.75 Å². The van der Waals surface area contributed by atoms with Gasteiger partial charge in [-0.15, -0.1) is 0 Å². The van der Waals surface area contributed by atoms with Gasteiger partial charge in [0, 0.05) is 23.8 Å². The van der Waals surface area contributed by atoms with Crippen LogP contribution in [0.2, 0.25) is 0 Å². The number of hydrogen-bond acceptors (Lipinski definition) is 4. The van der Waals surface area contributed by atoms with E-state index < -0.39 is 0 Å². The van der Waals surface area contributed by atoms with Crippen LogP contribution in [-0.4, -0.2) is 44.0 Å². The first-order chi connectivity index (χ1) is 16.0. The quantitative estimate of drug-likeness (QED) is 0.488. The third-order valence-corrected chi connectivity index (χ3v) is 5.61. The Bertz CT molecular complexity index is 1050.